The maximum atomic E-state index is 13.1. The van der Waals surface area contributed by atoms with Gasteiger partial charge in [0.25, 0.3) is 0 Å². The topological polar surface area (TPSA) is 237 Å². The van der Waals surface area contributed by atoms with E-state index in [-0.39, 0.29) is 25.7 Å². The third-order valence-electron chi connectivity index (χ3n) is 19.2. The van der Waals surface area contributed by atoms with Crippen LogP contribution in [0.5, 0.6) is 0 Å². The van der Waals surface area contributed by atoms with E-state index in [9.17, 15) is 43.2 Å². The molecule has 17 nitrogen and oxygen atoms in total. The predicted molar refractivity (Wildman–Crippen MR) is 409 cm³/mol. The first-order chi connectivity index (χ1) is 48.1. The van der Waals surface area contributed by atoms with Gasteiger partial charge in [-0.1, -0.05) is 364 Å². The van der Waals surface area contributed by atoms with Crippen LogP contribution in [0.1, 0.15) is 415 Å². The highest BCUT2D eigenvalue weighted by atomic mass is 31.2. The third kappa shape index (κ3) is 73.0. The molecule has 0 aliphatic heterocycles. The number of aliphatic hydroxyl groups excluding tert-OH is 1. The molecule has 0 aromatic heterocycles. The average Bonchev–Trinajstić information content (AvgIpc) is 0.941. The Morgan fingerprint density at radius 1 is 0.280 bits per heavy atom. The summed E-state index contributed by atoms with van der Waals surface area (Å²) in [5.41, 5.74) is 0. The molecule has 0 aromatic rings. The number of hydrogen-bond donors (Lipinski definition) is 3. The number of rotatable bonds is 78. The van der Waals surface area contributed by atoms with Crippen LogP contribution in [0.3, 0.4) is 0 Å². The maximum absolute atomic E-state index is 13.1. The smallest absolute Gasteiger partial charge is 0.462 e. The molecule has 0 rings (SSSR count). The Hall–Kier alpha value is -1.94. The van der Waals surface area contributed by atoms with E-state index in [0.29, 0.717) is 31.6 Å². The second kappa shape index (κ2) is 70.1. The van der Waals surface area contributed by atoms with Gasteiger partial charge in [-0.2, -0.15) is 0 Å². The SMILES string of the molecule is CCC(C)CCCCCCCCCCCCCCCCC(=O)O[C@H](COC(=O)CCCCCCCCC(C)C)COP(=O)(O)OC[C@H](O)COP(=O)(O)OC[C@@H](COC(=O)CCCCCCCCCCCCCC(C)C)OC(=O)CCCCCCCCCCCCCCCCCCC(C)C. The van der Waals surface area contributed by atoms with Gasteiger partial charge < -0.3 is 33.8 Å². The van der Waals surface area contributed by atoms with E-state index < -0.39 is 97.5 Å². The highest BCUT2D eigenvalue weighted by Crippen LogP contribution is 2.45. The standard InChI is InChI=1S/C81H158O17P2/c1-9-74(8)60-52-44-35-29-23-17-14-15-19-25-32-38-48-56-64-81(86)98-77(68-92-79(84)62-54-46-40-39-43-51-59-73(6)7)70-96-100(89,90)94-66-75(82)65-93-99(87,88)95-69-76(67-91-78(83)61-53-45-36-30-26-20-22-28-34-42-50-58-72(4)5)97-80(85)63-55-47-37-31-24-18-13-11-10-12-16-21-27-33-41-49-57-71(2)3/h71-77,82H,9-70H2,1-8H3,(H,87,88)(H,89,90)/t74?,75-,76-,77-/m1/s1. The molecule has 0 bridgehead atoms. The summed E-state index contributed by atoms with van der Waals surface area (Å²) in [6, 6.07) is 0. The second-order valence-corrected chi connectivity index (χ2v) is 33.7. The van der Waals surface area contributed by atoms with E-state index in [0.717, 1.165) is 114 Å². The Bertz CT molecular complexity index is 1960. The van der Waals surface area contributed by atoms with Gasteiger partial charge in [0.1, 0.15) is 19.3 Å². The van der Waals surface area contributed by atoms with Crippen LogP contribution in [0.25, 0.3) is 0 Å². The largest absolute Gasteiger partial charge is 0.472 e. The minimum Gasteiger partial charge on any atom is -0.462 e. The number of phosphoric acid groups is 2. The Balaban J connectivity index is 5.22. The van der Waals surface area contributed by atoms with Gasteiger partial charge in [0.15, 0.2) is 12.2 Å². The Morgan fingerprint density at radius 3 is 0.710 bits per heavy atom. The summed E-state index contributed by atoms with van der Waals surface area (Å²) in [5.74, 6) is 0.990. The van der Waals surface area contributed by atoms with Crippen LogP contribution in [0.4, 0.5) is 0 Å². The number of ether oxygens (including phenoxy) is 4. The number of carbonyl (C=O) groups is 4. The van der Waals surface area contributed by atoms with Gasteiger partial charge >= 0.3 is 39.5 Å². The maximum Gasteiger partial charge on any atom is 0.472 e. The highest BCUT2D eigenvalue weighted by Gasteiger charge is 2.30. The number of phosphoric ester groups is 2. The van der Waals surface area contributed by atoms with E-state index in [4.69, 9.17) is 37.0 Å². The lowest BCUT2D eigenvalue weighted by Crippen LogP contribution is -2.30. The molecule has 0 aromatic carbocycles. The lowest BCUT2D eigenvalue weighted by atomic mass is 9.99. The Kier molecular flexibility index (Phi) is 68.7. The molecule has 6 atom stereocenters. The molecule has 0 heterocycles. The second-order valence-electron chi connectivity index (χ2n) is 30.8. The van der Waals surface area contributed by atoms with Crippen LogP contribution in [-0.4, -0.2) is 96.7 Å². The fourth-order valence-electron chi connectivity index (χ4n) is 12.4. The lowest BCUT2D eigenvalue weighted by Gasteiger charge is -2.21. The molecule has 0 saturated carbocycles. The summed E-state index contributed by atoms with van der Waals surface area (Å²) in [6.07, 6.45) is 57.0. The first-order valence-corrected chi connectivity index (χ1v) is 44.7. The quantitative estimate of drug-likeness (QED) is 0.0222. The first kappa shape index (κ1) is 98.1. The van der Waals surface area contributed by atoms with Crippen molar-refractivity contribution in [3.63, 3.8) is 0 Å². The van der Waals surface area contributed by atoms with Crippen molar-refractivity contribution in [1.29, 1.82) is 0 Å². The van der Waals surface area contributed by atoms with E-state index in [2.05, 4.69) is 55.4 Å². The normalized spacial score (nSPS) is 14.3. The summed E-state index contributed by atoms with van der Waals surface area (Å²) in [6.45, 7) is 14.2. The molecule has 3 unspecified atom stereocenters. The predicted octanol–water partition coefficient (Wildman–Crippen LogP) is 24.0. The molecule has 0 spiro atoms. The van der Waals surface area contributed by atoms with Gasteiger partial charge in [-0.25, -0.2) is 9.13 Å². The van der Waals surface area contributed by atoms with Crippen LogP contribution < -0.4 is 0 Å². The fourth-order valence-corrected chi connectivity index (χ4v) is 14.0. The number of unbranched alkanes of at least 4 members (excludes halogenated alkanes) is 43. The summed E-state index contributed by atoms with van der Waals surface area (Å²) in [5, 5.41) is 10.6. The summed E-state index contributed by atoms with van der Waals surface area (Å²) in [4.78, 5) is 73.0. The van der Waals surface area contributed by atoms with Gasteiger partial charge in [0.05, 0.1) is 26.4 Å². The Labute approximate surface area is 613 Å². The number of carbonyl (C=O) groups excluding carboxylic acids is 4. The van der Waals surface area contributed by atoms with Gasteiger partial charge in [-0.05, 0) is 49.4 Å². The molecule has 0 aliphatic carbocycles. The van der Waals surface area contributed by atoms with Gasteiger partial charge in [-0.3, -0.25) is 37.3 Å². The number of esters is 4. The molecule has 0 fully saturated rings. The molecule has 0 amide bonds. The van der Waals surface area contributed by atoms with Crippen molar-refractivity contribution >= 4 is 39.5 Å². The van der Waals surface area contributed by atoms with Crippen molar-refractivity contribution < 1.29 is 80.2 Å². The van der Waals surface area contributed by atoms with E-state index in [1.54, 1.807) is 0 Å². The summed E-state index contributed by atoms with van der Waals surface area (Å²) >= 11 is 0. The highest BCUT2D eigenvalue weighted by molar-refractivity contribution is 7.47. The number of hydrogen-bond acceptors (Lipinski definition) is 15. The van der Waals surface area contributed by atoms with Crippen molar-refractivity contribution in [2.45, 2.75) is 433 Å². The zero-order valence-corrected chi connectivity index (χ0v) is 67.6. The first-order valence-electron chi connectivity index (χ1n) is 41.7. The van der Waals surface area contributed by atoms with E-state index in [1.165, 1.54) is 212 Å². The van der Waals surface area contributed by atoms with Gasteiger partial charge in [0, 0.05) is 25.7 Å². The monoisotopic (exact) mass is 1470 g/mol. The zero-order chi connectivity index (χ0) is 73.8. The molecular weight excluding hydrogens is 1310 g/mol. The molecule has 594 valence electrons. The zero-order valence-electron chi connectivity index (χ0n) is 65.8. The minimum absolute atomic E-state index is 0.106. The molecule has 0 radical (unpaired) electrons. The molecule has 100 heavy (non-hydrogen) atoms. The van der Waals surface area contributed by atoms with E-state index in [1.807, 2.05) is 0 Å². The van der Waals surface area contributed by atoms with Crippen molar-refractivity contribution in [1.82, 2.24) is 0 Å². The summed E-state index contributed by atoms with van der Waals surface area (Å²) < 4.78 is 68.7. The lowest BCUT2D eigenvalue weighted by molar-refractivity contribution is -0.161. The Morgan fingerprint density at radius 2 is 0.480 bits per heavy atom. The van der Waals surface area contributed by atoms with Crippen LogP contribution in [-0.2, 0) is 65.4 Å². The van der Waals surface area contributed by atoms with Crippen LogP contribution >= 0.6 is 15.6 Å². The van der Waals surface area contributed by atoms with Crippen molar-refractivity contribution in [3.8, 4) is 0 Å². The molecule has 0 aliphatic rings. The van der Waals surface area contributed by atoms with Crippen molar-refractivity contribution in [2.24, 2.45) is 23.7 Å². The number of aliphatic hydroxyl groups is 1. The van der Waals surface area contributed by atoms with Gasteiger partial charge in [-0.15, -0.1) is 0 Å². The fraction of sp³-hybridized carbons (Fsp3) is 0.951. The molecule has 19 heteroatoms. The molecule has 3 N–H and O–H groups in total. The van der Waals surface area contributed by atoms with Crippen LogP contribution in [0.2, 0.25) is 0 Å². The average molecular weight is 1470 g/mol. The molecular formula is C81H158O17P2. The van der Waals surface area contributed by atoms with Gasteiger partial charge in [0.2, 0.25) is 0 Å². The van der Waals surface area contributed by atoms with Crippen LogP contribution in [0.15, 0.2) is 0 Å². The minimum atomic E-state index is -4.96. The van der Waals surface area contributed by atoms with Crippen molar-refractivity contribution in [2.75, 3.05) is 39.6 Å². The van der Waals surface area contributed by atoms with Crippen molar-refractivity contribution in [3.05, 3.63) is 0 Å². The summed E-state index contributed by atoms with van der Waals surface area (Å²) in [7, 11) is -9.92. The third-order valence-corrected chi connectivity index (χ3v) is 21.1. The van der Waals surface area contributed by atoms with Crippen LogP contribution in [0, 0.1) is 23.7 Å². The molecule has 0 saturated heterocycles. The van der Waals surface area contributed by atoms with E-state index >= 15 is 0 Å².